The molecular formula is C14H22N2OS. The number of thiophene rings is 1. The van der Waals surface area contributed by atoms with Gasteiger partial charge in [0.05, 0.1) is 10.6 Å². The number of carbonyl (C=O) groups excluding carboxylic acids is 1. The quantitative estimate of drug-likeness (QED) is 0.910. The van der Waals surface area contributed by atoms with Crippen molar-refractivity contribution in [3.8, 4) is 0 Å². The van der Waals surface area contributed by atoms with Crippen molar-refractivity contribution in [2.24, 2.45) is 0 Å². The number of likely N-dealkylation sites (tertiary alicyclic amines) is 1. The minimum absolute atomic E-state index is 0.142. The predicted molar refractivity (Wildman–Crippen MR) is 77.2 cm³/mol. The number of piperidine rings is 1. The summed E-state index contributed by atoms with van der Waals surface area (Å²) in [5.74, 6) is 0.547. The average molecular weight is 266 g/mol. The molecule has 1 amide bonds. The van der Waals surface area contributed by atoms with Gasteiger partial charge in [0, 0.05) is 13.1 Å². The van der Waals surface area contributed by atoms with E-state index >= 15 is 0 Å². The summed E-state index contributed by atoms with van der Waals surface area (Å²) in [6.07, 6.45) is 4.51. The molecule has 1 aromatic heterocycles. The zero-order valence-corrected chi connectivity index (χ0v) is 12.1. The average Bonchev–Trinajstić information content (AvgIpc) is 2.80. The summed E-state index contributed by atoms with van der Waals surface area (Å²) in [5.41, 5.74) is 7.92. The molecular weight excluding hydrogens is 244 g/mol. The lowest BCUT2D eigenvalue weighted by molar-refractivity contribution is 0.0724. The Morgan fingerprint density at radius 2 is 2.11 bits per heavy atom. The molecule has 0 aliphatic carbocycles. The number of nitrogens with two attached hydrogens (primary N) is 1. The molecule has 1 aliphatic heterocycles. The van der Waals surface area contributed by atoms with Crippen LogP contribution in [0.4, 0.5) is 5.00 Å². The number of hydrogen-bond acceptors (Lipinski definition) is 3. The molecule has 1 saturated heterocycles. The van der Waals surface area contributed by atoms with Crippen LogP contribution in [-0.2, 0) is 0 Å². The molecule has 0 saturated carbocycles. The Morgan fingerprint density at radius 3 is 2.72 bits per heavy atom. The summed E-state index contributed by atoms with van der Waals surface area (Å²) in [5, 5.41) is 2.74. The van der Waals surface area contributed by atoms with Gasteiger partial charge in [0.15, 0.2) is 0 Å². The van der Waals surface area contributed by atoms with E-state index in [1.165, 1.54) is 17.8 Å². The molecule has 0 bridgehead atoms. The first-order valence-corrected chi connectivity index (χ1v) is 7.69. The largest absolute Gasteiger partial charge is 0.390 e. The maximum atomic E-state index is 12.6. The molecule has 0 aromatic carbocycles. The molecule has 1 atom stereocenters. The molecule has 18 heavy (non-hydrogen) atoms. The topological polar surface area (TPSA) is 46.3 Å². The second-order valence-corrected chi connectivity index (χ2v) is 6.00. The Bertz CT molecular complexity index is 421. The van der Waals surface area contributed by atoms with Crippen LogP contribution in [-0.4, -0.2) is 23.9 Å². The van der Waals surface area contributed by atoms with Crippen molar-refractivity contribution in [3.63, 3.8) is 0 Å². The van der Waals surface area contributed by atoms with Crippen LogP contribution < -0.4 is 5.73 Å². The standard InChI is InChI=1S/C14H22N2OS/c1-3-10(2)11-9-18-13(15)12(11)14(17)16-7-5-4-6-8-16/h9-10H,3-8,15H2,1-2H3. The third-order valence-electron chi connectivity index (χ3n) is 3.85. The highest BCUT2D eigenvalue weighted by molar-refractivity contribution is 7.14. The lowest BCUT2D eigenvalue weighted by atomic mass is 9.96. The van der Waals surface area contributed by atoms with E-state index in [0.717, 1.165) is 43.5 Å². The summed E-state index contributed by atoms with van der Waals surface area (Å²) < 4.78 is 0. The molecule has 0 spiro atoms. The van der Waals surface area contributed by atoms with Gasteiger partial charge in [0.25, 0.3) is 5.91 Å². The fourth-order valence-electron chi connectivity index (χ4n) is 2.45. The zero-order valence-electron chi connectivity index (χ0n) is 11.2. The maximum Gasteiger partial charge on any atom is 0.257 e. The van der Waals surface area contributed by atoms with Gasteiger partial charge in [-0.25, -0.2) is 0 Å². The van der Waals surface area contributed by atoms with E-state index in [9.17, 15) is 4.79 Å². The lowest BCUT2D eigenvalue weighted by Gasteiger charge is -2.27. The maximum absolute atomic E-state index is 12.6. The Hall–Kier alpha value is -1.03. The van der Waals surface area contributed by atoms with Crippen LogP contribution in [0, 0.1) is 0 Å². The van der Waals surface area contributed by atoms with Gasteiger partial charge in [-0.2, -0.15) is 0 Å². The summed E-state index contributed by atoms with van der Waals surface area (Å²) in [6.45, 7) is 6.07. The van der Waals surface area contributed by atoms with Gasteiger partial charge in [0.2, 0.25) is 0 Å². The van der Waals surface area contributed by atoms with E-state index < -0.39 is 0 Å². The number of anilines is 1. The van der Waals surface area contributed by atoms with E-state index in [-0.39, 0.29) is 5.91 Å². The van der Waals surface area contributed by atoms with Crippen LogP contribution in [0.5, 0.6) is 0 Å². The van der Waals surface area contributed by atoms with E-state index in [1.54, 1.807) is 0 Å². The first-order valence-electron chi connectivity index (χ1n) is 6.81. The zero-order chi connectivity index (χ0) is 13.1. The van der Waals surface area contributed by atoms with Gasteiger partial charge in [-0.05, 0) is 42.5 Å². The summed E-state index contributed by atoms with van der Waals surface area (Å²) in [7, 11) is 0. The van der Waals surface area contributed by atoms with E-state index in [1.807, 2.05) is 4.90 Å². The Balaban J connectivity index is 2.25. The van der Waals surface area contributed by atoms with Crippen molar-refractivity contribution in [3.05, 3.63) is 16.5 Å². The van der Waals surface area contributed by atoms with Crippen molar-refractivity contribution in [1.29, 1.82) is 0 Å². The summed E-state index contributed by atoms with van der Waals surface area (Å²) in [4.78, 5) is 14.5. The van der Waals surface area contributed by atoms with Crippen LogP contribution in [0.1, 0.15) is 61.4 Å². The Morgan fingerprint density at radius 1 is 1.44 bits per heavy atom. The number of amides is 1. The Labute approximate surface area is 113 Å². The molecule has 4 heteroatoms. The number of hydrogen-bond donors (Lipinski definition) is 1. The number of rotatable bonds is 3. The highest BCUT2D eigenvalue weighted by atomic mass is 32.1. The fraction of sp³-hybridized carbons (Fsp3) is 0.643. The second kappa shape index (κ2) is 5.74. The molecule has 1 fully saturated rings. The lowest BCUT2D eigenvalue weighted by Crippen LogP contribution is -2.36. The van der Waals surface area contributed by atoms with Crippen molar-refractivity contribution in [1.82, 2.24) is 4.90 Å². The normalized spacial score (nSPS) is 17.8. The Kier molecular flexibility index (Phi) is 4.27. The minimum atomic E-state index is 0.142. The molecule has 2 heterocycles. The van der Waals surface area contributed by atoms with Crippen molar-refractivity contribution in [2.75, 3.05) is 18.8 Å². The second-order valence-electron chi connectivity index (χ2n) is 5.09. The first-order chi connectivity index (χ1) is 8.65. The first kappa shape index (κ1) is 13.4. The smallest absolute Gasteiger partial charge is 0.257 e. The van der Waals surface area contributed by atoms with Crippen molar-refractivity contribution < 1.29 is 4.79 Å². The van der Waals surface area contributed by atoms with Gasteiger partial charge in [-0.1, -0.05) is 13.8 Å². The molecule has 100 valence electrons. The highest BCUT2D eigenvalue weighted by Crippen LogP contribution is 2.33. The van der Waals surface area contributed by atoms with E-state index in [2.05, 4.69) is 19.2 Å². The van der Waals surface area contributed by atoms with Gasteiger partial charge < -0.3 is 10.6 Å². The molecule has 1 aliphatic rings. The predicted octanol–water partition coefficient (Wildman–Crippen LogP) is 3.47. The van der Waals surface area contributed by atoms with E-state index in [0.29, 0.717) is 10.9 Å². The molecule has 3 nitrogen and oxygen atoms in total. The van der Waals surface area contributed by atoms with Crippen LogP contribution in [0.25, 0.3) is 0 Å². The molecule has 2 rings (SSSR count). The summed E-state index contributed by atoms with van der Waals surface area (Å²) >= 11 is 1.50. The molecule has 1 unspecified atom stereocenters. The minimum Gasteiger partial charge on any atom is -0.390 e. The van der Waals surface area contributed by atoms with Crippen LogP contribution in [0.2, 0.25) is 0 Å². The van der Waals surface area contributed by atoms with Crippen molar-refractivity contribution in [2.45, 2.75) is 45.4 Å². The van der Waals surface area contributed by atoms with Gasteiger partial charge in [-0.3, -0.25) is 4.79 Å². The van der Waals surface area contributed by atoms with Gasteiger partial charge >= 0.3 is 0 Å². The third-order valence-corrected chi connectivity index (χ3v) is 4.68. The van der Waals surface area contributed by atoms with Crippen LogP contribution in [0.15, 0.2) is 5.38 Å². The molecule has 2 N–H and O–H groups in total. The SMILES string of the molecule is CCC(C)c1csc(N)c1C(=O)N1CCCCC1. The van der Waals surface area contributed by atoms with Crippen LogP contribution >= 0.6 is 11.3 Å². The highest BCUT2D eigenvalue weighted by Gasteiger charge is 2.25. The fourth-order valence-corrected chi connectivity index (χ4v) is 3.38. The summed E-state index contributed by atoms with van der Waals surface area (Å²) in [6, 6.07) is 0. The molecule has 1 aromatic rings. The monoisotopic (exact) mass is 266 g/mol. The number of carbonyl (C=O) groups is 1. The van der Waals surface area contributed by atoms with Gasteiger partial charge in [-0.15, -0.1) is 11.3 Å². The molecule has 0 radical (unpaired) electrons. The van der Waals surface area contributed by atoms with E-state index in [4.69, 9.17) is 5.73 Å². The van der Waals surface area contributed by atoms with Gasteiger partial charge in [0.1, 0.15) is 0 Å². The van der Waals surface area contributed by atoms with Crippen LogP contribution in [0.3, 0.4) is 0 Å². The number of nitrogens with zero attached hydrogens (tertiary/aromatic N) is 1. The van der Waals surface area contributed by atoms with Crippen molar-refractivity contribution >= 4 is 22.2 Å². The number of nitrogen functional groups attached to an aromatic ring is 1. The third kappa shape index (κ3) is 2.53.